The number of aliphatic hydroxyl groups excluding tert-OH is 1. The van der Waals surface area contributed by atoms with E-state index in [9.17, 15) is 5.11 Å². The van der Waals surface area contributed by atoms with Crippen molar-refractivity contribution in [3.63, 3.8) is 0 Å². The van der Waals surface area contributed by atoms with Crippen LogP contribution in [0, 0.1) is 0 Å². The van der Waals surface area contributed by atoms with Crippen molar-refractivity contribution in [1.29, 1.82) is 0 Å². The summed E-state index contributed by atoms with van der Waals surface area (Å²) >= 11 is 3.65. The van der Waals surface area contributed by atoms with Gasteiger partial charge in [0.25, 0.3) is 0 Å². The quantitative estimate of drug-likeness (QED) is 0.342. The van der Waals surface area contributed by atoms with Crippen LogP contribution in [0.3, 0.4) is 0 Å². The molecule has 0 fully saturated rings. The molecule has 9 heteroatoms. The van der Waals surface area contributed by atoms with Crippen molar-refractivity contribution in [2.24, 2.45) is 15.0 Å². The average molecular weight is 452 g/mol. The molecule has 0 aliphatic carbocycles. The highest BCUT2D eigenvalue weighted by Gasteiger charge is 2.32. The number of aliphatic imine (C=N–C) groups is 3. The van der Waals surface area contributed by atoms with Gasteiger partial charge in [0.05, 0.1) is 41.5 Å². The van der Waals surface area contributed by atoms with Gasteiger partial charge in [0.15, 0.2) is 0 Å². The van der Waals surface area contributed by atoms with Crippen LogP contribution in [-0.2, 0) is 5.75 Å². The van der Waals surface area contributed by atoms with E-state index < -0.39 is 5.54 Å². The second-order valence-corrected chi connectivity index (χ2v) is 11.3. The molecule has 2 heterocycles. The van der Waals surface area contributed by atoms with Crippen LogP contribution in [0.25, 0.3) is 0 Å². The monoisotopic (exact) mass is 451 g/mol. The number of benzene rings is 1. The van der Waals surface area contributed by atoms with Gasteiger partial charge in [0, 0.05) is 11.5 Å². The van der Waals surface area contributed by atoms with Gasteiger partial charge in [0.1, 0.15) is 0 Å². The lowest BCUT2D eigenvalue weighted by atomic mass is 10.1. The van der Waals surface area contributed by atoms with Crippen molar-refractivity contribution in [3.05, 3.63) is 35.9 Å². The fourth-order valence-electron chi connectivity index (χ4n) is 2.67. The van der Waals surface area contributed by atoms with Crippen molar-refractivity contribution in [2.75, 3.05) is 31.2 Å². The highest BCUT2D eigenvalue weighted by atomic mass is 32.2. The molecule has 2 aliphatic rings. The Kier molecular flexibility index (Phi) is 8.37. The molecule has 1 aromatic carbocycles. The van der Waals surface area contributed by atoms with Crippen molar-refractivity contribution in [3.8, 4) is 0 Å². The molecular formula is C20H29N5OS3. The zero-order chi connectivity index (χ0) is 20.7. The van der Waals surface area contributed by atoms with Crippen LogP contribution >= 0.6 is 34.4 Å². The van der Waals surface area contributed by atoms with Crippen molar-refractivity contribution in [1.82, 2.24) is 9.03 Å². The minimum atomic E-state index is -0.501. The Morgan fingerprint density at radius 3 is 2.83 bits per heavy atom. The van der Waals surface area contributed by atoms with E-state index in [1.54, 1.807) is 11.9 Å². The van der Waals surface area contributed by atoms with Gasteiger partial charge in [-0.3, -0.25) is 9.71 Å². The first-order valence-corrected chi connectivity index (χ1v) is 13.0. The first-order valence-electron chi connectivity index (χ1n) is 9.70. The molecule has 1 aromatic rings. The number of aliphatic hydroxyl groups is 1. The van der Waals surface area contributed by atoms with Gasteiger partial charge in [-0.05, 0) is 35.8 Å². The highest BCUT2D eigenvalue weighted by molar-refractivity contribution is 8.29. The maximum Gasteiger partial charge on any atom is 0.228 e. The van der Waals surface area contributed by atoms with Gasteiger partial charge in [-0.15, -0.1) is 0 Å². The average Bonchev–Trinajstić information content (AvgIpc) is 3.06. The Morgan fingerprint density at radius 1 is 1.31 bits per heavy atom. The Morgan fingerprint density at radius 2 is 2.10 bits per heavy atom. The molecule has 6 nitrogen and oxygen atoms in total. The molecule has 2 N–H and O–H groups in total. The summed E-state index contributed by atoms with van der Waals surface area (Å²) in [5.41, 5.74) is 0.786. The van der Waals surface area contributed by atoms with E-state index in [0.29, 0.717) is 5.96 Å². The van der Waals surface area contributed by atoms with Crippen molar-refractivity contribution >= 4 is 56.6 Å². The fourth-order valence-corrected chi connectivity index (χ4v) is 6.32. The first kappa shape index (κ1) is 22.6. The number of hydrogen-bond acceptors (Lipinski definition) is 6. The summed E-state index contributed by atoms with van der Waals surface area (Å²) in [5, 5.41) is 10.7. The first-order chi connectivity index (χ1) is 14.0. The second kappa shape index (κ2) is 10.8. The summed E-state index contributed by atoms with van der Waals surface area (Å²) in [7, 11) is -0.373. The van der Waals surface area contributed by atoms with E-state index in [0.717, 1.165) is 40.4 Å². The lowest BCUT2D eigenvalue weighted by molar-refractivity contribution is 0.223. The van der Waals surface area contributed by atoms with E-state index in [4.69, 9.17) is 4.99 Å². The van der Waals surface area contributed by atoms with Crippen molar-refractivity contribution in [2.45, 2.75) is 32.1 Å². The number of guanidine groups is 1. The van der Waals surface area contributed by atoms with E-state index in [2.05, 4.69) is 50.2 Å². The lowest BCUT2D eigenvalue weighted by Gasteiger charge is -2.19. The summed E-state index contributed by atoms with van der Waals surface area (Å²) in [6.45, 7) is 7.56. The Balaban J connectivity index is 1.77. The molecule has 0 radical (unpaired) electrons. The van der Waals surface area contributed by atoms with Crippen LogP contribution < -0.4 is 4.72 Å². The maximum atomic E-state index is 9.68. The Labute approximate surface area is 184 Å². The van der Waals surface area contributed by atoms with Crippen LogP contribution in [0.5, 0.6) is 0 Å². The second-order valence-electron chi connectivity index (χ2n) is 7.18. The molecule has 0 aromatic heterocycles. The molecule has 158 valence electrons. The molecule has 0 bridgehead atoms. The number of rotatable bonds is 9. The summed E-state index contributed by atoms with van der Waals surface area (Å²) in [6, 6.07) is 10.5. The Bertz CT molecular complexity index is 821. The van der Waals surface area contributed by atoms with Crippen molar-refractivity contribution < 1.29 is 5.11 Å². The van der Waals surface area contributed by atoms with Gasteiger partial charge >= 0.3 is 0 Å². The minimum Gasteiger partial charge on any atom is -0.394 e. The number of thioether (sulfide) groups is 1. The van der Waals surface area contributed by atoms with E-state index >= 15 is 0 Å². The molecule has 0 saturated heterocycles. The predicted molar refractivity (Wildman–Crippen MR) is 133 cm³/mol. The fraction of sp³-hybridized carbons (Fsp3) is 0.500. The Hall–Kier alpha value is -1.13. The molecule has 1 atom stereocenters. The predicted octanol–water partition coefficient (Wildman–Crippen LogP) is 3.42. The molecule has 29 heavy (non-hydrogen) atoms. The van der Waals surface area contributed by atoms with Crippen LogP contribution in [-0.4, -0.2) is 68.4 Å². The molecule has 0 saturated carbocycles. The zero-order valence-corrected chi connectivity index (χ0v) is 19.6. The van der Waals surface area contributed by atoms with E-state index in [-0.39, 0.29) is 17.3 Å². The maximum absolute atomic E-state index is 9.68. The highest BCUT2D eigenvalue weighted by Crippen LogP contribution is 2.32. The zero-order valence-electron chi connectivity index (χ0n) is 17.2. The van der Waals surface area contributed by atoms with Gasteiger partial charge in [-0.1, -0.05) is 49.2 Å². The third-order valence-electron chi connectivity index (χ3n) is 4.21. The minimum absolute atomic E-state index is 0.0173. The summed E-state index contributed by atoms with van der Waals surface area (Å²) in [5.74, 6) is 3.67. The molecular weight excluding hydrogens is 422 g/mol. The SMILES string of the molecule is CCSCCN=C1N=CC2=S(N1)C(=NC(C)(C)CO)CN2SCc1ccccc1. The van der Waals surface area contributed by atoms with Gasteiger partial charge in [-0.25, -0.2) is 14.3 Å². The summed E-state index contributed by atoms with van der Waals surface area (Å²) in [6.07, 6.45) is 1.93. The molecule has 1 unspecified atom stereocenters. The molecule has 2 aliphatic heterocycles. The third kappa shape index (κ3) is 6.42. The van der Waals surface area contributed by atoms with Crippen LogP contribution in [0.4, 0.5) is 0 Å². The third-order valence-corrected chi connectivity index (χ3v) is 8.12. The molecule has 0 spiro atoms. The van der Waals surface area contributed by atoms with E-state index in [1.165, 1.54) is 5.56 Å². The van der Waals surface area contributed by atoms with Gasteiger partial charge in [-0.2, -0.15) is 11.8 Å². The normalized spacial score (nSPS) is 22.3. The standard InChI is InChI=1S/C20H29N5OS3/c1-4-27-11-10-21-19-22-12-18-25(28-14-16-8-6-5-7-9-16)13-17(29(18)24-19)23-20(2,3)15-26/h5-9,12,26H,4,10-11,13-15H2,1-3H3,(H,21,22,24). The van der Waals surface area contributed by atoms with E-state index in [1.807, 2.05) is 37.9 Å². The number of hydrogen-bond donors (Lipinski definition) is 2. The smallest absolute Gasteiger partial charge is 0.228 e. The molecule has 0 amide bonds. The summed E-state index contributed by atoms with van der Waals surface area (Å²) in [4.78, 5) is 15.1. The van der Waals surface area contributed by atoms with Gasteiger partial charge in [0.2, 0.25) is 5.96 Å². The topological polar surface area (TPSA) is 72.6 Å². The van der Waals surface area contributed by atoms with Gasteiger partial charge < -0.3 is 5.11 Å². The number of nitrogens with one attached hydrogen (secondary N) is 1. The van der Waals surface area contributed by atoms with Crippen LogP contribution in [0.2, 0.25) is 0 Å². The lowest BCUT2D eigenvalue weighted by Crippen LogP contribution is -2.29. The largest absolute Gasteiger partial charge is 0.394 e. The molecule has 3 rings (SSSR count). The van der Waals surface area contributed by atoms with Crippen LogP contribution in [0.1, 0.15) is 26.3 Å². The van der Waals surface area contributed by atoms with Crippen LogP contribution in [0.15, 0.2) is 45.3 Å². The summed E-state index contributed by atoms with van der Waals surface area (Å²) < 4.78 is 5.75. The number of nitrogens with zero attached hydrogens (tertiary/aromatic N) is 4.